The molecule has 25 heavy (non-hydrogen) atoms. The molecule has 0 spiro atoms. The van der Waals surface area contributed by atoms with Gasteiger partial charge in [0.05, 0.1) is 24.2 Å². The summed E-state index contributed by atoms with van der Waals surface area (Å²) in [4.78, 5) is 12.5. The first-order valence-corrected chi connectivity index (χ1v) is 10.1. The molecule has 0 aromatic heterocycles. The van der Waals surface area contributed by atoms with Crippen LogP contribution in [0.4, 0.5) is 11.4 Å². The number of methoxy groups -OCH3 is 1. The van der Waals surface area contributed by atoms with E-state index in [0.717, 1.165) is 4.47 Å². The van der Waals surface area contributed by atoms with Gasteiger partial charge < -0.3 is 10.1 Å². The molecule has 1 aliphatic rings. The number of nitrogens with one attached hydrogen (secondary N) is 1. The maximum atomic E-state index is 12.5. The van der Waals surface area contributed by atoms with E-state index in [-0.39, 0.29) is 11.7 Å². The molecule has 0 unspecified atom stereocenters. The van der Waals surface area contributed by atoms with Crippen molar-refractivity contribution in [3.05, 3.63) is 52.5 Å². The predicted molar refractivity (Wildman–Crippen MR) is 101 cm³/mol. The molecular weight excluding hydrogens is 408 g/mol. The Hall–Kier alpha value is -2.06. The van der Waals surface area contributed by atoms with Crippen molar-refractivity contribution >= 4 is 43.2 Å². The van der Waals surface area contributed by atoms with Crippen LogP contribution in [0.15, 0.2) is 46.9 Å². The van der Waals surface area contributed by atoms with Gasteiger partial charge in [0.25, 0.3) is 5.91 Å². The molecule has 0 aliphatic carbocycles. The third kappa shape index (κ3) is 3.80. The molecule has 8 heteroatoms. The Labute approximate surface area is 155 Å². The molecule has 132 valence electrons. The highest BCUT2D eigenvalue weighted by atomic mass is 79.9. The molecule has 2 aromatic carbocycles. The average molecular weight is 425 g/mol. The van der Waals surface area contributed by atoms with Crippen LogP contribution >= 0.6 is 15.9 Å². The van der Waals surface area contributed by atoms with Crippen molar-refractivity contribution in [1.82, 2.24) is 0 Å². The second kappa shape index (κ2) is 7.05. The minimum Gasteiger partial charge on any atom is -0.495 e. The zero-order chi connectivity index (χ0) is 18.0. The minimum absolute atomic E-state index is 0.138. The van der Waals surface area contributed by atoms with Crippen molar-refractivity contribution in [3.63, 3.8) is 0 Å². The lowest BCUT2D eigenvalue weighted by Gasteiger charge is -2.19. The summed E-state index contributed by atoms with van der Waals surface area (Å²) in [7, 11) is -1.79. The number of hydrogen-bond acceptors (Lipinski definition) is 4. The van der Waals surface area contributed by atoms with Gasteiger partial charge in [-0.05, 0) is 42.8 Å². The van der Waals surface area contributed by atoms with Crippen molar-refractivity contribution in [3.8, 4) is 5.75 Å². The first-order chi connectivity index (χ1) is 11.9. The summed E-state index contributed by atoms with van der Waals surface area (Å²) in [5.41, 5.74) is 1.42. The van der Waals surface area contributed by atoms with Crippen molar-refractivity contribution in [2.45, 2.75) is 6.42 Å². The Morgan fingerprint density at radius 2 is 2.04 bits per heavy atom. The molecule has 1 fully saturated rings. The zero-order valence-electron chi connectivity index (χ0n) is 13.5. The van der Waals surface area contributed by atoms with Crippen molar-refractivity contribution < 1.29 is 17.9 Å². The monoisotopic (exact) mass is 424 g/mol. The van der Waals surface area contributed by atoms with Crippen LogP contribution in [0.25, 0.3) is 0 Å². The molecule has 0 bridgehead atoms. The quantitative estimate of drug-likeness (QED) is 0.816. The number of sulfonamides is 1. The highest BCUT2D eigenvalue weighted by Crippen LogP contribution is 2.33. The van der Waals surface area contributed by atoms with E-state index in [9.17, 15) is 13.2 Å². The SMILES string of the molecule is COc1ccc(N2CCCS2(=O)=O)cc1NC(=O)c1cccc(Br)c1. The van der Waals surface area contributed by atoms with E-state index >= 15 is 0 Å². The minimum atomic E-state index is -3.29. The summed E-state index contributed by atoms with van der Waals surface area (Å²) < 4.78 is 31.7. The van der Waals surface area contributed by atoms with Crippen LogP contribution in [0.1, 0.15) is 16.8 Å². The second-order valence-corrected chi connectivity index (χ2v) is 8.52. The number of anilines is 2. The number of carbonyl (C=O) groups is 1. The van der Waals surface area contributed by atoms with E-state index in [4.69, 9.17) is 4.74 Å². The number of hydrogen-bond donors (Lipinski definition) is 1. The Bertz CT molecular complexity index is 915. The number of benzene rings is 2. The maximum absolute atomic E-state index is 12.5. The molecule has 2 aromatic rings. The summed E-state index contributed by atoms with van der Waals surface area (Å²) in [6.45, 7) is 0.438. The third-order valence-corrected chi connectivity index (χ3v) is 6.27. The lowest BCUT2D eigenvalue weighted by Crippen LogP contribution is -2.25. The Morgan fingerprint density at radius 3 is 2.68 bits per heavy atom. The summed E-state index contributed by atoms with van der Waals surface area (Å²) in [6.07, 6.45) is 0.591. The molecule has 0 saturated carbocycles. The van der Waals surface area contributed by atoms with Crippen LogP contribution in [0.3, 0.4) is 0 Å². The van der Waals surface area contributed by atoms with Gasteiger partial charge in [-0.15, -0.1) is 0 Å². The van der Waals surface area contributed by atoms with Crippen LogP contribution < -0.4 is 14.4 Å². The van der Waals surface area contributed by atoms with E-state index < -0.39 is 10.0 Å². The van der Waals surface area contributed by atoms with Gasteiger partial charge in [0.15, 0.2) is 0 Å². The maximum Gasteiger partial charge on any atom is 0.255 e. The number of nitrogens with zero attached hydrogens (tertiary/aromatic N) is 1. The lowest BCUT2D eigenvalue weighted by molar-refractivity contribution is 0.102. The lowest BCUT2D eigenvalue weighted by atomic mass is 10.2. The summed E-state index contributed by atoms with van der Waals surface area (Å²) in [5.74, 6) is 0.295. The van der Waals surface area contributed by atoms with Gasteiger partial charge in [-0.3, -0.25) is 9.10 Å². The van der Waals surface area contributed by atoms with Crippen molar-refractivity contribution in [1.29, 1.82) is 0 Å². The van der Waals surface area contributed by atoms with E-state index in [2.05, 4.69) is 21.2 Å². The second-order valence-electron chi connectivity index (χ2n) is 5.59. The summed E-state index contributed by atoms with van der Waals surface area (Å²) >= 11 is 3.33. The largest absolute Gasteiger partial charge is 0.495 e. The van der Waals surface area contributed by atoms with Crippen molar-refractivity contribution in [2.75, 3.05) is 29.0 Å². The van der Waals surface area contributed by atoms with Gasteiger partial charge in [-0.1, -0.05) is 22.0 Å². The first-order valence-electron chi connectivity index (χ1n) is 7.66. The Kier molecular flexibility index (Phi) is 5.01. The fourth-order valence-electron chi connectivity index (χ4n) is 2.70. The van der Waals surface area contributed by atoms with Crippen LogP contribution in [0, 0.1) is 0 Å². The molecule has 0 atom stereocenters. The van der Waals surface area contributed by atoms with Crippen LogP contribution in [0.2, 0.25) is 0 Å². The van der Waals surface area contributed by atoms with Gasteiger partial charge in [-0.2, -0.15) is 0 Å². The van der Waals surface area contributed by atoms with Gasteiger partial charge in [0, 0.05) is 16.6 Å². The third-order valence-electron chi connectivity index (χ3n) is 3.91. The van der Waals surface area contributed by atoms with E-state index in [0.29, 0.717) is 35.7 Å². The predicted octanol–water partition coefficient (Wildman–Crippen LogP) is 3.25. The molecule has 6 nitrogen and oxygen atoms in total. The zero-order valence-corrected chi connectivity index (χ0v) is 15.9. The summed E-state index contributed by atoms with van der Waals surface area (Å²) in [5, 5.41) is 2.79. The van der Waals surface area contributed by atoms with Crippen LogP contribution in [-0.4, -0.2) is 33.7 Å². The summed E-state index contributed by atoms with van der Waals surface area (Å²) in [6, 6.07) is 11.9. The van der Waals surface area contributed by atoms with Gasteiger partial charge in [0.1, 0.15) is 5.75 Å². The average Bonchev–Trinajstić information content (AvgIpc) is 2.94. The normalized spacial score (nSPS) is 15.8. The van der Waals surface area contributed by atoms with E-state index in [1.807, 2.05) is 6.07 Å². The Balaban J connectivity index is 1.92. The smallest absolute Gasteiger partial charge is 0.255 e. The molecule has 1 amide bonds. The molecule has 3 rings (SSSR count). The fourth-order valence-corrected chi connectivity index (χ4v) is 4.66. The first kappa shape index (κ1) is 17.8. The number of halogens is 1. The van der Waals surface area contributed by atoms with Gasteiger partial charge in [0.2, 0.25) is 10.0 Å². The Morgan fingerprint density at radius 1 is 1.24 bits per heavy atom. The van der Waals surface area contributed by atoms with Gasteiger partial charge in [-0.25, -0.2) is 8.42 Å². The molecule has 1 aliphatic heterocycles. The number of carbonyl (C=O) groups excluding carboxylic acids is 1. The van der Waals surface area contributed by atoms with E-state index in [1.165, 1.54) is 11.4 Å². The number of rotatable bonds is 4. The fraction of sp³-hybridized carbons (Fsp3) is 0.235. The highest BCUT2D eigenvalue weighted by molar-refractivity contribution is 9.10. The van der Waals surface area contributed by atoms with E-state index in [1.54, 1.807) is 36.4 Å². The van der Waals surface area contributed by atoms with Crippen LogP contribution in [0.5, 0.6) is 5.75 Å². The standard InChI is InChI=1S/C17H17BrN2O4S/c1-24-16-7-6-14(20-8-3-9-25(20,22)23)11-15(16)19-17(21)12-4-2-5-13(18)10-12/h2,4-7,10-11H,3,8-9H2,1H3,(H,19,21). The molecule has 1 N–H and O–H groups in total. The van der Waals surface area contributed by atoms with Crippen molar-refractivity contribution in [2.24, 2.45) is 0 Å². The van der Waals surface area contributed by atoms with Crippen LogP contribution in [-0.2, 0) is 10.0 Å². The molecule has 1 heterocycles. The van der Waals surface area contributed by atoms with Gasteiger partial charge >= 0.3 is 0 Å². The molecule has 1 saturated heterocycles. The number of ether oxygens (including phenoxy) is 1. The number of amides is 1. The molecular formula is C17H17BrN2O4S. The highest BCUT2D eigenvalue weighted by Gasteiger charge is 2.29. The topological polar surface area (TPSA) is 75.7 Å². The molecule has 0 radical (unpaired) electrons.